The SMILES string of the molecule is Nc1ccc2c(c1)C(=O)N(Cc1cc(Cl)ccc1Cl)CC2. The zero-order valence-electron chi connectivity index (χ0n) is 11.3. The Bertz CT molecular complexity index is 715. The first-order valence-corrected chi connectivity index (χ1v) is 7.42. The molecule has 3 nitrogen and oxygen atoms in total. The molecule has 1 heterocycles. The number of amides is 1. The van der Waals surface area contributed by atoms with Gasteiger partial charge < -0.3 is 10.6 Å². The van der Waals surface area contributed by atoms with Crippen LogP contribution in [0.1, 0.15) is 21.5 Å². The number of rotatable bonds is 2. The maximum absolute atomic E-state index is 12.6. The van der Waals surface area contributed by atoms with E-state index in [0.29, 0.717) is 34.4 Å². The fraction of sp³-hybridized carbons (Fsp3) is 0.188. The Labute approximate surface area is 133 Å². The number of anilines is 1. The van der Waals surface area contributed by atoms with Gasteiger partial charge in [0.25, 0.3) is 5.91 Å². The van der Waals surface area contributed by atoms with Crippen LogP contribution in [-0.4, -0.2) is 17.4 Å². The third kappa shape index (κ3) is 2.85. The molecule has 0 bridgehead atoms. The highest BCUT2D eigenvalue weighted by Gasteiger charge is 2.24. The van der Waals surface area contributed by atoms with E-state index < -0.39 is 0 Å². The van der Waals surface area contributed by atoms with Gasteiger partial charge in [0, 0.05) is 34.4 Å². The van der Waals surface area contributed by atoms with Crippen molar-refractivity contribution >= 4 is 34.8 Å². The molecule has 5 heteroatoms. The number of nitrogens with zero attached hydrogens (tertiary/aromatic N) is 1. The molecule has 2 N–H and O–H groups in total. The minimum absolute atomic E-state index is 0.0143. The maximum Gasteiger partial charge on any atom is 0.254 e. The normalized spacial score (nSPS) is 14.2. The molecule has 3 rings (SSSR count). The van der Waals surface area contributed by atoms with Gasteiger partial charge in [0.05, 0.1) is 0 Å². The Morgan fingerprint density at radius 1 is 1.14 bits per heavy atom. The fourth-order valence-electron chi connectivity index (χ4n) is 2.56. The molecular formula is C16H14Cl2N2O. The topological polar surface area (TPSA) is 46.3 Å². The van der Waals surface area contributed by atoms with Crippen molar-refractivity contribution in [1.82, 2.24) is 4.90 Å². The summed E-state index contributed by atoms with van der Waals surface area (Å²) >= 11 is 12.2. The minimum atomic E-state index is -0.0143. The molecule has 0 radical (unpaired) electrons. The van der Waals surface area contributed by atoms with Crippen LogP contribution in [0.4, 0.5) is 5.69 Å². The molecule has 1 aliphatic rings. The summed E-state index contributed by atoms with van der Waals surface area (Å²) in [5.74, 6) is -0.0143. The Kier molecular flexibility index (Phi) is 3.79. The molecule has 0 saturated carbocycles. The van der Waals surface area contributed by atoms with Crippen LogP contribution >= 0.6 is 23.2 Å². The number of carbonyl (C=O) groups is 1. The van der Waals surface area contributed by atoms with Crippen molar-refractivity contribution in [3.05, 3.63) is 63.1 Å². The van der Waals surface area contributed by atoms with Crippen molar-refractivity contribution in [3.63, 3.8) is 0 Å². The van der Waals surface area contributed by atoms with E-state index in [0.717, 1.165) is 17.5 Å². The number of halogens is 2. The van der Waals surface area contributed by atoms with Gasteiger partial charge >= 0.3 is 0 Å². The summed E-state index contributed by atoms with van der Waals surface area (Å²) in [7, 11) is 0. The van der Waals surface area contributed by atoms with Crippen molar-refractivity contribution in [3.8, 4) is 0 Å². The molecule has 0 spiro atoms. The smallest absolute Gasteiger partial charge is 0.254 e. The van der Waals surface area contributed by atoms with Gasteiger partial charge in [-0.15, -0.1) is 0 Å². The first-order chi connectivity index (χ1) is 10.0. The monoisotopic (exact) mass is 320 g/mol. The van der Waals surface area contributed by atoms with Crippen LogP contribution in [0.25, 0.3) is 0 Å². The summed E-state index contributed by atoms with van der Waals surface area (Å²) in [6, 6.07) is 10.8. The summed E-state index contributed by atoms with van der Waals surface area (Å²) in [6.07, 6.45) is 0.819. The molecule has 0 atom stereocenters. The Morgan fingerprint density at radius 3 is 2.76 bits per heavy atom. The second kappa shape index (κ2) is 5.58. The second-order valence-corrected chi connectivity index (χ2v) is 5.97. The summed E-state index contributed by atoms with van der Waals surface area (Å²) in [4.78, 5) is 14.3. The number of hydrogen-bond donors (Lipinski definition) is 1. The number of benzene rings is 2. The molecule has 1 aliphatic heterocycles. The van der Waals surface area contributed by atoms with Crippen LogP contribution in [0, 0.1) is 0 Å². The van der Waals surface area contributed by atoms with E-state index in [4.69, 9.17) is 28.9 Å². The fourth-order valence-corrected chi connectivity index (χ4v) is 2.93. The van der Waals surface area contributed by atoms with Gasteiger partial charge in [-0.05, 0) is 47.9 Å². The number of hydrogen-bond acceptors (Lipinski definition) is 2. The van der Waals surface area contributed by atoms with Crippen LogP contribution in [0.15, 0.2) is 36.4 Å². The van der Waals surface area contributed by atoms with Crippen molar-refractivity contribution in [1.29, 1.82) is 0 Å². The van der Waals surface area contributed by atoms with Gasteiger partial charge in [0.15, 0.2) is 0 Å². The summed E-state index contributed by atoms with van der Waals surface area (Å²) in [5.41, 5.74) is 8.95. The molecule has 2 aromatic rings. The van der Waals surface area contributed by atoms with Crippen LogP contribution < -0.4 is 5.73 Å². The van der Waals surface area contributed by atoms with E-state index in [1.54, 1.807) is 29.2 Å². The molecule has 1 amide bonds. The Balaban J connectivity index is 1.88. The average molecular weight is 321 g/mol. The number of nitrogen functional groups attached to an aromatic ring is 1. The molecular weight excluding hydrogens is 307 g/mol. The zero-order valence-corrected chi connectivity index (χ0v) is 12.8. The van der Waals surface area contributed by atoms with Gasteiger partial charge in [-0.2, -0.15) is 0 Å². The lowest BCUT2D eigenvalue weighted by Crippen LogP contribution is -2.37. The highest BCUT2D eigenvalue weighted by Crippen LogP contribution is 2.26. The molecule has 0 fully saturated rings. The highest BCUT2D eigenvalue weighted by molar-refractivity contribution is 6.33. The number of carbonyl (C=O) groups excluding carboxylic acids is 1. The van der Waals surface area contributed by atoms with E-state index in [-0.39, 0.29) is 5.91 Å². The lowest BCUT2D eigenvalue weighted by atomic mass is 9.98. The summed E-state index contributed by atoms with van der Waals surface area (Å²) in [6.45, 7) is 1.12. The number of nitrogens with two attached hydrogens (primary N) is 1. The lowest BCUT2D eigenvalue weighted by molar-refractivity contribution is 0.0727. The average Bonchev–Trinajstić information content (AvgIpc) is 2.46. The Morgan fingerprint density at radius 2 is 1.95 bits per heavy atom. The van der Waals surface area contributed by atoms with E-state index >= 15 is 0 Å². The van der Waals surface area contributed by atoms with E-state index in [2.05, 4.69) is 0 Å². The third-order valence-electron chi connectivity index (χ3n) is 3.67. The van der Waals surface area contributed by atoms with E-state index in [1.165, 1.54) is 0 Å². The standard InChI is InChI=1S/C16H14Cl2N2O/c17-12-2-4-15(18)11(7-12)9-20-6-5-10-1-3-13(19)8-14(10)16(20)21/h1-4,7-8H,5-6,9,19H2. The van der Waals surface area contributed by atoms with E-state index in [9.17, 15) is 4.79 Å². The maximum atomic E-state index is 12.6. The molecule has 21 heavy (non-hydrogen) atoms. The highest BCUT2D eigenvalue weighted by atomic mass is 35.5. The van der Waals surface area contributed by atoms with Crippen molar-refractivity contribution in [2.45, 2.75) is 13.0 Å². The quantitative estimate of drug-likeness (QED) is 0.856. The first kappa shape index (κ1) is 14.2. The van der Waals surface area contributed by atoms with Crippen molar-refractivity contribution in [2.75, 3.05) is 12.3 Å². The third-order valence-corrected chi connectivity index (χ3v) is 4.28. The predicted molar refractivity (Wildman–Crippen MR) is 85.8 cm³/mol. The van der Waals surface area contributed by atoms with Crippen LogP contribution in [0.2, 0.25) is 10.0 Å². The van der Waals surface area contributed by atoms with Gasteiger partial charge in [0.2, 0.25) is 0 Å². The number of fused-ring (bicyclic) bond motifs is 1. The Hall–Kier alpha value is -1.71. The van der Waals surface area contributed by atoms with Crippen LogP contribution in [0.5, 0.6) is 0 Å². The van der Waals surface area contributed by atoms with Crippen LogP contribution in [-0.2, 0) is 13.0 Å². The van der Waals surface area contributed by atoms with Gasteiger partial charge in [-0.3, -0.25) is 4.79 Å². The first-order valence-electron chi connectivity index (χ1n) is 6.66. The lowest BCUT2D eigenvalue weighted by Gasteiger charge is -2.29. The zero-order chi connectivity index (χ0) is 15.0. The minimum Gasteiger partial charge on any atom is -0.399 e. The van der Waals surface area contributed by atoms with Crippen molar-refractivity contribution < 1.29 is 4.79 Å². The second-order valence-electron chi connectivity index (χ2n) is 5.13. The van der Waals surface area contributed by atoms with Gasteiger partial charge in [-0.1, -0.05) is 29.3 Å². The van der Waals surface area contributed by atoms with Gasteiger partial charge in [0.1, 0.15) is 0 Å². The largest absolute Gasteiger partial charge is 0.399 e. The molecule has 0 aromatic heterocycles. The van der Waals surface area contributed by atoms with Gasteiger partial charge in [-0.25, -0.2) is 0 Å². The predicted octanol–water partition coefficient (Wildman–Crippen LogP) is 3.77. The van der Waals surface area contributed by atoms with Crippen molar-refractivity contribution in [2.24, 2.45) is 0 Å². The molecule has 2 aromatic carbocycles. The summed E-state index contributed by atoms with van der Waals surface area (Å²) < 4.78 is 0. The molecule has 0 unspecified atom stereocenters. The molecule has 0 aliphatic carbocycles. The molecule has 108 valence electrons. The summed E-state index contributed by atoms with van der Waals surface area (Å²) in [5, 5.41) is 1.23. The molecule has 0 saturated heterocycles. The van der Waals surface area contributed by atoms with E-state index in [1.807, 2.05) is 12.1 Å². The van der Waals surface area contributed by atoms with Crippen LogP contribution in [0.3, 0.4) is 0 Å².